The molecule has 0 aliphatic carbocycles. The molecule has 250 valence electrons. The minimum Gasteiger partial charge on any atom is -0.465 e. The predicted octanol–water partition coefficient (Wildman–Crippen LogP) is 9.48. The number of hydrogen-bond acceptors (Lipinski definition) is 8. The van der Waals surface area contributed by atoms with Crippen LogP contribution in [0, 0.1) is 0 Å². The first-order valence-electron chi connectivity index (χ1n) is 16.6. The number of methoxy groups -OCH3 is 2. The lowest BCUT2D eigenvalue weighted by molar-refractivity contribution is 0.0592. The van der Waals surface area contributed by atoms with Crippen molar-refractivity contribution in [2.75, 3.05) is 14.2 Å². The van der Waals surface area contributed by atoms with Crippen LogP contribution in [0.5, 0.6) is 0 Å². The topological polar surface area (TPSA) is 104 Å². The van der Waals surface area contributed by atoms with Gasteiger partial charge in [-0.15, -0.1) is 0 Å². The first-order valence-corrected chi connectivity index (χ1v) is 16.6. The van der Waals surface area contributed by atoms with Gasteiger partial charge in [-0.25, -0.2) is 29.5 Å². The van der Waals surface area contributed by atoms with Crippen molar-refractivity contribution in [3.05, 3.63) is 157 Å². The fraction of sp³-hybridized carbons (Fsp3) is 0.0455. The van der Waals surface area contributed by atoms with Crippen LogP contribution >= 0.6 is 0 Å². The van der Waals surface area contributed by atoms with Gasteiger partial charge in [-0.3, -0.25) is 0 Å². The highest BCUT2D eigenvalue weighted by Gasteiger charge is 2.23. The number of carbonyl (C=O) groups excluding carboxylic acids is 2. The zero-order valence-electron chi connectivity index (χ0n) is 28.3. The van der Waals surface area contributed by atoms with Gasteiger partial charge in [0.1, 0.15) is 0 Å². The SMILES string of the molecule is COC(=O)c1ccccc1-c1nc2ccc(-c3ccc4nc(-c5ccccc5)c(-c5ccccc5)nc4c3)cc2nc1-c1ccccc1C(=O)OC. The van der Waals surface area contributed by atoms with E-state index in [2.05, 4.69) is 0 Å². The molecule has 0 radical (unpaired) electrons. The first-order chi connectivity index (χ1) is 25.5. The molecule has 8 nitrogen and oxygen atoms in total. The average molecular weight is 679 g/mol. The summed E-state index contributed by atoms with van der Waals surface area (Å²) in [5.74, 6) is -1.02. The average Bonchev–Trinajstić information content (AvgIpc) is 3.22. The van der Waals surface area contributed by atoms with E-state index in [0.717, 1.165) is 44.7 Å². The number of aromatic nitrogens is 4. The van der Waals surface area contributed by atoms with Crippen LogP contribution < -0.4 is 0 Å². The molecule has 0 aliphatic rings. The highest BCUT2D eigenvalue weighted by Crippen LogP contribution is 2.37. The van der Waals surface area contributed by atoms with Crippen molar-refractivity contribution in [2.24, 2.45) is 0 Å². The van der Waals surface area contributed by atoms with Gasteiger partial charge in [-0.05, 0) is 47.5 Å². The van der Waals surface area contributed by atoms with Crippen molar-refractivity contribution in [2.45, 2.75) is 0 Å². The van der Waals surface area contributed by atoms with Crippen molar-refractivity contribution in [3.8, 4) is 56.2 Å². The predicted molar refractivity (Wildman–Crippen MR) is 202 cm³/mol. The van der Waals surface area contributed by atoms with E-state index < -0.39 is 11.9 Å². The molecule has 0 bridgehead atoms. The van der Waals surface area contributed by atoms with Crippen molar-refractivity contribution in [3.63, 3.8) is 0 Å². The molecule has 0 unspecified atom stereocenters. The third-order valence-corrected chi connectivity index (χ3v) is 8.93. The maximum atomic E-state index is 12.9. The van der Waals surface area contributed by atoms with Crippen LogP contribution in [0.2, 0.25) is 0 Å². The summed E-state index contributed by atoms with van der Waals surface area (Å²) in [5, 5.41) is 0. The Morgan fingerprint density at radius 3 is 1.19 bits per heavy atom. The second-order valence-corrected chi connectivity index (χ2v) is 12.1. The Labute approximate surface area is 299 Å². The van der Waals surface area contributed by atoms with E-state index in [0.29, 0.717) is 44.7 Å². The lowest BCUT2D eigenvalue weighted by atomic mass is 9.96. The Morgan fingerprint density at radius 1 is 0.385 bits per heavy atom. The van der Waals surface area contributed by atoms with Crippen molar-refractivity contribution in [1.82, 2.24) is 19.9 Å². The number of benzene rings is 6. The van der Waals surface area contributed by atoms with E-state index >= 15 is 0 Å². The second kappa shape index (κ2) is 13.7. The number of hydrogen-bond donors (Lipinski definition) is 0. The molecule has 2 aromatic heterocycles. The van der Waals surface area contributed by atoms with Crippen LogP contribution in [-0.4, -0.2) is 46.1 Å². The molecule has 6 aromatic carbocycles. The summed E-state index contributed by atoms with van der Waals surface area (Å²) >= 11 is 0. The second-order valence-electron chi connectivity index (χ2n) is 12.1. The molecule has 0 atom stereocenters. The van der Waals surface area contributed by atoms with Crippen molar-refractivity contribution < 1.29 is 19.1 Å². The van der Waals surface area contributed by atoms with Gasteiger partial charge >= 0.3 is 11.9 Å². The molecule has 8 aromatic rings. The van der Waals surface area contributed by atoms with Gasteiger partial charge < -0.3 is 9.47 Å². The van der Waals surface area contributed by atoms with Gasteiger partial charge in [0.05, 0.1) is 70.2 Å². The molecular weight excluding hydrogens is 649 g/mol. The molecule has 0 spiro atoms. The minimum atomic E-state index is -0.513. The summed E-state index contributed by atoms with van der Waals surface area (Å²) in [6.07, 6.45) is 0. The molecular formula is C44H30N4O4. The monoisotopic (exact) mass is 678 g/mol. The van der Waals surface area contributed by atoms with Crippen LogP contribution in [0.25, 0.3) is 78.2 Å². The van der Waals surface area contributed by atoms with Gasteiger partial charge in [-0.1, -0.05) is 109 Å². The molecule has 0 aliphatic heterocycles. The van der Waals surface area contributed by atoms with Gasteiger partial charge in [0.15, 0.2) is 0 Å². The smallest absolute Gasteiger partial charge is 0.338 e. The number of nitrogens with zero attached hydrogens (tertiary/aromatic N) is 4. The quantitative estimate of drug-likeness (QED) is 0.154. The molecule has 8 heteroatoms. The highest BCUT2D eigenvalue weighted by atomic mass is 16.5. The molecule has 0 saturated heterocycles. The summed E-state index contributed by atoms with van der Waals surface area (Å²) < 4.78 is 10.2. The Hall–Kier alpha value is -7.06. The third-order valence-electron chi connectivity index (χ3n) is 8.93. The molecule has 8 rings (SSSR count). The van der Waals surface area contributed by atoms with E-state index in [1.807, 2.05) is 109 Å². The molecule has 0 saturated carbocycles. The van der Waals surface area contributed by atoms with Gasteiger partial charge in [0.25, 0.3) is 0 Å². The van der Waals surface area contributed by atoms with Crippen LogP contribution in [-0.2, 0) is 9.47 Å². The fourth-order valence-corrected chi connectivity index (χ4v) is 6.39. The minimum absolute atomic E-state index is 0.323. The van der Waals surface area contributed by atoms with E-state index in [1.54, 1.807) is 36.4 Å². The Bertz CT molecular complexity index is 2640. The zero-order valence-corrected chi connectivity index (χ0v) is 28.3. The molecule has 2 heterocycles. The number of fused-ring (bicyclic) bond motifs is 2. The number of ether oxygens (including phenoxy) is 2. The lowest BCUT2D eigenvalue weighted by Crippen LogP contribution is -2.08. The Kier molecular flexibility index (Phi) is 8.46. The van der Waals surface area contributed by atoms with Gasteiger partial charge in [0.2, 0.25) is 0 Å². The Morgan fingerprint density at radius 2 is 0.750 bits per heavy atom. The summed E-state index contributed by atoms with van der Waals surface area (Å²) in [4.78, 5) is 46.2. The molecule has 52 heavy (non-hydrogen) atoms. The van der Waals surface area contributed by atoms with Crippen LogP contribution in [0.4, 0.5) is 0 Å². The van der Waals surface area contributed by atoms with E-state index in [1.165, 1.54) is 14.2 Å². The van der Waals surface area contributed by atoms with Crippen LogP contribution in [0.1, 0.15) is 20.7 Å². The molecule has 0 amide bonds. The van der Waals surface area contributed by atoms with E-state index in [4.69, 9.17) is 29.4 Å². The lowest BCUT2D eigenvalue weighted by Gasteiger charge is -2.15. The maximum Gasteiger partial charge on any atom is 0.338 e. The summed E-state index contributed by atoms with van der Waals surface area (Å²) in [5.41, 5.74) is 10.7. The molecule has 0 N–H and O–H groups in total. The normalized spacial score (nSPS) is 11.0. The third kappa shape index (κ3) is 5.92. The largest absolute Gasteiger partial charge is 0.465 e. The van der Waals surface area contributed by atoms with E-state index in [-0.39, 0.29) is 0 Å². The van der Waals surface area contributed by atoms with Crippen molar-refractivity contribution in [1.29, 1.82) is 0 Å². The first kappa shape index (κ1) is 32.2. The summed E-state index contributed by atoms with van der Waals surface area (Å²) in [6, 6.07) is 46.2. The van der Waals surface area contributed by atoms with E-state index in [9.17, 15) is 9.59 Å². The molecule has 0 fully saturated rings. The number of esters is 2. The zero-order chi connectivity index (χ0) is 35.6. The highest BCUT2D eigenvalue weighted by molar-refractivity contribution is 6.03. The van der Waals surface area contributed by atoms with Gasteiger partial charge in [-0.2, -0.15) is 0 Å². The summed E-state index contributed by atoms with van der Waals surface area (Å²) in [6.45, 7) is 0. The maximum absolute atomic E-state index is 12.9. The van der Waals surface area contributed by atoms with Crippen LogP contribution in [0.3, 0.4) is 0 Å². The standard InChI is InChI=1S/C44H30N4O4/c1-51-43(49)33-19-11-9-17-31(33)41-42(32-18-10-12-20-34(32)44(50)52-2)48-38-26-30(22-24-36(38)46-41)29-21-23-35-37(25-29)47-40(28-15-7-4-8-16-28)39(45-35)27-13-5-3-6-14-27/h3-26H,1-2H3. The summed E-state index contributed by atoms with van der Waals surface area (Å²) in [7, 11) is 2.67. The number of rotatable bonds is 7. The van der Waals surface area contributed by atoms with Crippen molar-refractivity contribution >= 4 is 34.0 Å². The fourth-order valence-electron chi connectivity index (χ4n) is 6.39. The van der Waals surface area contributed by atoms with Gasteiger partial charge in [0, 0.05) is 22.3 Å². The number of carbonyl (C=O) groups is 2. The van der Waals surface area contributed by atoms with Crippen LogP contribution in [0.15, 0.2) is 146 Å². The Balaban J connectivity index is 1.30.